The summed E-state index contributed by atoms with van der Waals surface area (Å²) < 4.78 is 5.17. The van der Waals surface area contributed by atoms with Crippen molar-refractivity contribution in [2.45, 2.75) is 19.5 Å². The van der Waals surface area contributed by atoms with Gasteiger partial charge >= 0.3 is 0 Å². The lowest BCUT2D eigenvalue weighted by Gasteiger charge is -2.23. The van der Waals surface area contributed by atoms with Crippen LogP contribution in [0.5, 0.6) is 5.75 Å². The highest BCUT2D eigenvalue weighted by molar-refractivity contribution is 5.55. The maximum atomic E-state index is 5.17. The van der Waals surface area contributed by atoms with Gasteiger partial charge < -0.3 is 4.74 Å². The minimum Gasteiger partial charge on any atom is -0.497 e. The average molecular weight is 335 g/mol. The van der Waals surface area contributed by atoms with Crippen LogP contribution in [0, 0.1) is 0 Å². The number of methoxy groups -OCH3 is 1. The molecule has 2 aromatic heterocycles. The first-order valence-corrected chi connectivity index (χ1v) is 8.09. The first kappa shape index (κ1) is 17.0. The summed E-state index contributed by atoms with van der Waals surface area (Å²) in [7, 11) is 3.71. The number of hydrogen-bond donors (Lipinski definition) is 0. The Labute approximate surface area is 147 Å². The first-order chi connectivity index (χ1) is 12.2. The molecule has 0 aliphatic rings. The fourth-order valence-corrected chi connectivity index (χ4v) is 2.52. The predicted octanol–water partition coefficient (Wildman–Crippen LogP) is 3.14. The lowest BCUT2D eigenvalue weighted by molar-refractivity contribution is 0.248. The number of ether oxygens (including phenoxy) is 1. The Kier molecular flexibility index (Phi) is 5.30. The zero-order chi connectivity index (χ0) is 17.6. The van der Waals surface area contributed by atoms with Crippen LogP contribution < -0.4 is 4.74 Å². The van der Waals surface area contributed by atoms with Gasteiger partial charge in [-0.05, 0) is 44.3 Å². The SMILES string of the molecule is COc1ccc(-c2ncc(CN(C)[C@H](C)c3ccncn3)cn2)cc1. The van der Waals surface area contributed by atoms with Gasteiger partial charge in [0.1, 0.15) is 12.1 Å². The minimum absolute atomic E-state index is 0.185. The highest BCUT2D eigenvalue weighted by Gasteiger charge is 2.13. The molecule has 0 radical (unpaired) electrons. The van der Waals surface area contributed by atoms with Crippen LogP contribution in [0.1, 0.15) is 24.2 Å². The molecule has 0 spiro atoms. The van der Waals surface area contributed by atoms with Crippen molar-refractivity contribution < 1.29 is 4.74 Å². The monoisotopic (exact) mass is 335 g/mol. The van der Waals surface area contributed by atoms with E-state index in [-0.39, 0.29) is 6.04 Å². The number of hydrogen-bond acceptors (Lipinski definition) is 6. The van der Waals surface area contributed by atoms with Gasteiger partial charge in [-0.25, -0.2) is 19.9 Å². The maximum absolute atomic E-state index is 5.17. The molecule has 0 bridgehead atoms. The van der Waals surface area contributed by atoms with E-state index in [0.29, 0.717) is 5.82 Å². The molecule has 2 heterocycles. The minimum atomic E-state index is 0.185. The standard InChI is InChI=1S/C19H21N5O/c1-14(18-8-9-20-13-23-18)24(2)12-15-10-21-19(22-11-15)16-4-6-17(25-3)7-5-16/h4-11,13-14H,12H2,1-3H3/t14-/m1/s1. The van der Waals surface area contributed by atoms with Crippen LogP contribution in [0.15, 0.2) is 55.2 Å². The summed E-state index contributed by atoms with van der Waals surface area (Å²) >= 11 is 0. The zero-order valence-electron chi connectivity index (χ0n) is 14.6. The van der Waals surface area contributed by atoms with Gasteiger partial charge in [-0.3, -0.25) is 4.90 Å². The Morgan fingerprint density at radius 2 is 1.76 bits per heavy atom. The van der Waals surface area contributed by atoms with Crippen LogP contribution in [-0.2, 0) is 6.54 Å². The predicted molar refractivity (Wildman–Crippen MR) is 95.9 cm³/mol. The summed E-state index contributed by atoms with van der Waals surface area (Å²) in [5, 5.41) is 0. The van der Waals surface area contributed by atoms with E-state index in [1.165, 1.54) is 0 Å². The molecule has 0 aliphatic carbocycles. The Hall–Kier alpha value is -2.86. The highest BCUT2D eigenvalue weighted by atomic mass is 16.5. The molecule has 1 atom stereocenters. The normalized spacial score (nSPS) is 12.2. The summed E-state index contributed by atoms with van der Waals surface area (Å²) in [6, 6.07) is 9.84. The summed E-state index contributed by atoms with van der Waals surface area (Å²) in [4.78, 5) is 19.5. The van der Waals surface area contributed by atoms with Gasteiger partial charge in [0, 0.05) is 42.3 Å². The van der Waals surface area contributed by atoms with Crippen molar-refractivity contribution >= 4 is 0 Å². The first-order valence-electron chi connectivity index (χ1n) is 8.09. The molecule has 1 aromatic carbocycles. The van der Waals surface area contributed by atoms with E-state index in [9.17, 15) is 0 Å². The van der Waals surface area contributed by atoms with Crippen molar-refractivity contribution in [2.75, 3.05) is 14.2 Å². The quantitative estimate of drug-likeness (QED) is 0.689. The number of benzene rings is 1. The van der Waals surface area contributed by atoms with Crippen molar-refractivity contribution in [3.8, 4) is 17.1 Å². The molecule has 0 saturated heterocycles. The van der Waals surface area contributed by atoms with E-state index in [1.54, 1.807) is 19.6 Å². The molecular weight excluding hydrogens is 314 g/mol. The molecule has 0 saturated carbocycles. The van der Waals surface area contributed by atoms with Crippen LogP contribution in [0.2, 0.25) is 0 Å². The number of aromatic nitrogens is 4. The topological polar surface area (TPSA) is 64.0 Å². The van der Waals surface area contributed by atoms with E-state index in [4.69, 9.17) is 4.74 Å². The largest absolute Gasteiger partial charge is 0.497 e. The molecule has 0 aliphatic heterocycles. The average Bonchev–Trinajstić information content (AvgIpc) is 2.68. The van der Waals surface area contributed by atoms with E-state index in [2.05, 4.69) is 38.8 Å². The van der Waals surface area contributed by atoms with Crippen LogP contribution in [0.4, 0.5) is 0 Å². The Bertz CT molecular complexity index is 790. The van der Waals surface area contributed by atoms with Gasteiger partial charge in [-0.15, -0.1) is 0 Å². The van der Waals surface area contributed by atoms with Crippen LogP contribution in [-0.4, -0.2) is 39.0 Å². The van der Waals surface area contributed by atoms with Crippen molar-refractivity contribution in [3.05, 3.63) is 66.5 Å². The third-order valence-corrected chi connectivity index (χ3v) is 4.18. The second kappa shape index (κ2) is 7.81. The fraction of sp³-hybridized carbons (Fsp3) is 0.263. The molecule has 25 heavy (non-hydrogen) atoms. The van der Waals surface area contributed by atoms with E-state index in [0.717, 1.165) is 29.1 Å². The summed E-state index contributed by atoms with van der Waals surface area (Å²) in [6.07, 6.45) is 7.08. The third-order valence-electron chi connectivity index (χ3n) is 4.18. The van der Waals surface area contributed by atoms with Gasteiger partial charge in [0.15, 0.2) is 5.82 Å². The Morgan fingerprint density at radius 1 is 1.04 bits per heavy atom. The summed E-state index contributed by atoms with van der Waals surface area (Å²) in [5.74, 6) is 1.53. The lowest BCUT2D eigenvalue weighted by Crippen LogP contribution is -2.22. The maximum Gasteiger partial charge on any atom is 0.159 e. The fourth-order valence-electron chi connectivity index (χ4n) is 2.52. The van der Waals surface area contributed by atoms with Crippen LogP contribution in [0.25, 0.3) is 11.4 Å². The molecular formula is C19H21N5O. The summed E-state index contributed by atoms with van der Waals surface area (Å²) in [5.41, 5.74) is 3.02. The zero-order valence-corrected chi connectivity index (χ0v) is 14.6. The molecule has 6 heteroatoms. The van der Waals surface area contributed by atoms with Gasteiger partial charge in [0.05, 0.1) is 12.8 Å². The lowest BCUT2D eigenvalue weighted by atomic mass is 10.2. The van der Waals surface area contributed by atoms with Crippen molar-refractivity contribution in [2.24, 2.45) is 0 Å². The smallest absolute Gasteiger partial charge is 0.159 e. The van der Waals surface area contributed by atoms with E-state index in [1.807, 2.05) is 42.7 Å². The number of rotatable bonds is 6. The van der Waals surface area contributed by atoms with Crippen molar-refractivity contribution in [3.63, 3.8) is 0 Å². The third kappa shape index (κ3) is 4.16. The van der Waals surface area contributed by atoms with Gasteiger partial charge in [-0.2, -0.15) is 0 Å². The summed E-state index contributed by atoms with van der Waals surface area (Å²) in [6.45, 7) is 2.86. The van der Waals surface area contributed by atoms with E-state index < -0.39 is 0 Å². The molecule has 0 N–H and O–H groups in total. The number of nitrogens with zero attached hydrogens (tertiary/aromatic N) is 5. The molecule has 0 amide bonds. The molecule has 0 fully saturated rings. The van der Waals surface area contributed by atoms with Gasteiger partial charge in [0.25, 0.3) is 0 Å². The van der Waals surface area contributed by atoms with Crippen LogP contribution in [0.3, 0.4) is 0 Å². The molecule has 128 valence electrons. The molecule has 3 rings (SSSR count). The van der Waals surface area contributed by atoms with Crippen molar-refractivity contribution in [1.82, 2.24) is 24.8 Å². The van der Waals surface area contributed by atoms with Crippen molar-refractivity contribution in [1.29, 1.82) is 0 Å². The highest BCUT2D eigenvalue weighted by Crippen LogP contribution is 2.20. The van der Waals surface area contributed by atoms with Crippen LogP contribution >= 0.6 is 0 Å². The second-order valence-electron chi connectivity index (χ2n) is 5.87. The molecule has 3 aromatic rings. The second-order valence-corrected chi connectivity index (χ2v) is 5.87. The molecule has 6 nitrogen and oxygen atoms in total. The van der Waals surface area contributed by atoms with Gasteiger partial charge in [-0.1, -0.05) is 0 Å². The van der Waals surface area contributed by atoms with E-state index >= 15 is 0 Å². The van der Waals surface area contributed by atoms with Gasteiger partial charge in [0.2, 0.25) is 0 Å². The Balaban J connectivity index is 1.67. The Morgan fingerprint density at radius 3 is 2.36 bits per heavy atom. The molecule has 0 unspecified atom stereocenters.